The van der Waals surface area contributed by atoms with Crippen molar-refractivity contribution in [3.63, 3.8) is 0 Å². The smallest absolute Gasteiger partial charge is 0.251 e. The molecule has 1 atom stereocenters. The maximum absolute atomic E-state index is 12.3. The van der Waals surface area contributed by atoms with Gasteiger partial charge < -0.3 is 11.1 Å². The van der Waals surface area contributed by atoms with Crippen LogP contribution in [0, 0.1) is 0 Å². The van der Waals surface area contributed by atoms with Crippen LogP contribution >= 0.6 is 15.9 Å². The Kier molecular flexibility index (Phi) is 6.01. The lowest BCUT2D eigenvalue weighted by Gasteiger charge is -2.20. The first kappa shape index (κ1) is 19.2. The first-order chi connectivity index (χ1) is 11.7. The van der Waals surface area contributed by atoms with Gasteiger partial charge in [-0.05, 0) is 34.7 Å². The second-order valence-electron chi connectivity index (χ2n) is 7.09. The van der Waals surface area contributed by atoms with Gasteiger partial charge in [-0.1, -0.05) is 67.0 Å². The minimum atomic E-state index is -0.757. The van der Waals surface area contributed by atoms with Gasteiger partial charge in [0.1, 0.15) is 6.04 Å². The number of hydrogen-bond donors (Lipinski definition) is 2. The molecule has 2 aromatic rings. The van der Waals surface area contributed by atoms with Crippen LogP contribution in [-0.4, -0.2) is 17.9 Å². The van der Waals surface area contributed by atoms with Crippen molar-refractivity contribution in [2.24, 2.45) is 5.73 Å². The Hall–Kier alpha value is -2.14. The van der Waals surface area contributed by atoms with Crippen LogP contribution in [-0.2, 0) is 16.6 Å². The van der Waals surface area contributed by atoms with E-state index < -0.39 is 11.9 Å². The molecule has 0 aliphatic carbocycles. The van der Waals surface area contributed by atoms with Gasteiger partial charge in [-0.15, -0.1) is 0 Å². The molecule has 0 spiro atoms. The Morgan fingerprint density at radius 3 is 2.28 bits per heavy atom. The Morgan fingerprint density at radius 2 is 1.76 bits per heavy atom. The van der Waals surface area contributed by atoms with Gasteiger partial charge in [0.25, 0.3) is 5.91 Å². The Morgan fingerprint density at radius 1 is 1.12 bits per heavy atom. The lowest BCUT2D eigenvalue weighted by Crippen LogP contribution is -2.45. The summed E-state index contributed by atoms with van der Waals surface area (Å²) >= 11 is 3.33. The third-order valence-corrected chi connectivity index (χ3v) is 4.49. The van der Waals surface area contributed by atoms with Crippen LogP contribution in [0.1, 0.15) is 42.3 Å². The Bertz CT molecular complexity index is 764. The predicted molar refractivity (Wildman–Crippen MR) is 103 cm³/mol. The highest BCUT2D eigenvalue weighted by atomic mass is 79.9. The number of halogens is 1. The van der Waals surface area contributed by atoms with E-state index in [1.165, 1.54) is 5.56 Å². The fraction of sp³-hybridized carbons (Fsp3) is 0.300. The minimum absolute atomic E-state index is 0.0660. The first-order valence-corrected chi connectivity index (χ1v) is 8.91. The molecule has 2 aromatic carbocycles. The zero-order chi connectivity index (χ0) is 18.6. The summed E-state index contributed by atoms with van der Waals surface area (Å²) in [6, 6.07) is 14.3. The summed E-state index contributed by atoms with van der Waals surface area (Å²) in [6.45, 7) is 6.44. The number of carbonyl (C=O) groups is 2. The van der Waals surface area contributed by atoms with E-state index >= 15 is 0 Å². The SMILES string of the molecule is CC(C)(C)c1ccc(C[C@@H](NC(=O)c2cccc(Br)c2)C(N)=O)cc1. The topological polar surface area (TPSA) is 72.2 Å². The lowest BCUT2D eigenvalue weighted by atomic mass is 9.86. The molecule has 2 rings (SSSR count). The van der Waals surface area contributed by atoms with E-state index in [4.69, 9.17) is 5.73 Å². The largest absolute Gasteiger partial charge is 0.368 e. The van der Waals surface area contributed by atoms with E-state index in [9.17, 15) is 9.59 Å². The Balaban J connectivity index is 2.11. The number of rotatable bonds is 5. The zero-order valence-corrected chi connectivity index (χ0v) is 16.3. The summed E-state index contributed by atoms with van der Waals surface area (Å²) in [6.07, 6.45) is 0.361. The lowest BCUT2D eigenvalue weighted by molar-refractivity contribution is -0.119. The highest BCUT2D eigenvalue weighted by Crippen LogP contribution is 2.22. The van der Waals surface area contributed by atoms with E-state index in [0.717, 1.165) is 10.0 Å². The third kappa shape index (κ3) is 5.43. The van der Waals surface area contributed by atoms with E-state index in [1.807, 2.05) is 30.3 Å². The van der Waals surface area contributed by atoms with Crippen molar-refractivity contribution in [2.45, 2.75) is 38.6 Å². The zero-order valence-electron chi connectivity index (χ0n) is 14.7. The molecule has 0 saturated carbocycles. The molecule has 0 unspecified atom stereocenters. The molecule has 0 fully saturated rings. The van der Waals surface area contributed by atoms with Crippen molar-refractivity contribution in [3.8, 4) is 0 Å². The second-order valence-corrected chi connectivity index (χ2v) is 8.01. The van der Waals surface area contributed by atoms with Crippen molar-refractivity contribution in [2.75, 3.05) is 0 Å². The molecule has 0 aliphatic rings. The number of nitrogens with two attached hydrogens (primary N) is 1. The normalized spacial score (nSPS) is 12.5. The monoisotopic (exact) mass is 402 g/mol. The van der Waals surface area contributed by atoms with Gasteiger partial charge >= 0.3 is 0 Å². The van der Waals surface area contributed by atoms with E-state index in [-0.39, 0.29) is 11.3 Å². The van der Waals surface area contributed by atoms with Gasteiger partial charge in [-0.25, -0.2) is 0 Å². The average Bonchev–Trinajstić information content (AvgIpc) is 2.53. The fourth-order valence-corrected chi connectivity index (χ4v) is 2.87. The summed E-state index contributed by atoms with van der Waals surface area (Å²) in [5.41, 5.74) is 8.18. The van der Waals surface area contributed by atoms with Crippen molar-refractivity contribution >= 4 is 27.7 Å². The number of benzene rings is 2. The number of hydrogen-bond acceptors (Lipinski definition) is 2. The van der Waals surface area contributed by atoms with Crippen LogP contribution in [0.3, 0.4) is 0 Å². The van der Waals surface area contributed by atoms with Crippen molar-refractivity contribution < 1.29 is 9.59 Å². The maximum Gasteiger partial charge on any atom is 0.251 e. The van der Waals surface area contributed by atoms with Crippen LogP contribution in [0.2, 0.25) is 0 Å². The molecule has 2 amide bonds. The number of carbonyl (C=O) groups excluding carboxylic acids is 2. The van der Waals surface area contributed by atoms with Crippen molar-refractivity contribution in [1.82, 2.24) is 5.32 Å². The molecule has 25 heavy (non-hydrogen) atoms. The Labute approximate surface area is 156 Å². The number of nitrogens with one attached hydrogen (secondary N) is 1. The number of primary amides is 1. The maximum atomic E-state index is 12.3. The van der Waals surface area contributed by atoms with Crippen LogP contribution < -0.4 is 11.1 Å². The van der Waals surface area contributed by atoms with Crippen LogP contribution in [0.25, 0.3) is 0 Å². The summed E-state index contributed by atoms with van der Waals surface area (Å²) in [4.78, 5) is 24.1. The molecule has 132 valence electrons. The van der Waals surface area contributed by atoms with Gasteiger partial charge in [0, 0.05) is 16.5 Å². The first-order valence-electron chi connectivity index (χ1n) is 8.12. The van der Waals surface area contributed by atoms with E-state index in [2.05, 4.69) is 42.0 Å². The molecule has 0 heterocycles. The average molecular weight is 403 g/mol. The standard InChI is InChI=1S/C20H23BrN2O2/c1-20(2,3)15-9-7-13(8-10-15)11-17(18(22)24)23-19(25)14-5-4-6-16(21)12-14/h4-10,12,17H,11H2,1-3H3,(H2,22,24)(H,23,25)/t17-/m1/s1. The molecule has 0 saturated heterocycles. The molecule has 0 aromatic heterocycles. The molecule has 0 aliphatic heterocycles. The third-order valence-electron chi connectivity index (χ3n) is 4.00. The summed E-state index contributed by atoms with van der Waals surface area (Å²) in [5.74, 6) is -0.875. The van der Waals surface area contributed by atoms with Gasteiger partial charge in [0.2, 0.25) is 5.91 Å². The summed E-state index contributed by atoms with van der Waals surface area (Å²) < 4.78 is 0.800. The van der Waals surface area contributed by atoms with E-state index in [1.54, 1.807) is 18.2 Å². The van der Waals surface area contributed by atoms with Crippen LogP contribution in [0.15, 0.2) is 53.0 Å². The van der Waals surface area contributed by atoms with Crippen molar-refractivity contribution in [3.05, 3.63) is 69.7 Å². The van der Waals surface area contributed by atoms with Gasteiger partial charge in [-0.3, -0.25) is 9.59 Å². The summed E-state index contributed by atoms with van der Waals surface area (Å²) in [7, 11) is 0. The fourth-order valence-electron chi connectivity index (χ4n) is 2.47. The molecule has 5 heteroatoms. The predicted octanol–water partition coefficient (Wildman–Crippen LogP) is 3.57. The van der Waals surface area contributed by atoms with Crippen LogP contribution in [0.5, 0.6) is 0 Å². The second kappa shape index (κ2) is 7.83. The highest BCUT2D eigenvalue weighted by molar-refractivity contribution is 9.10. The van der Waals surface area contributed by atoms with Crippen molar-refractivity contribution in [1.29, 1.82) is 0 Å². The highest BCUT2D eigenvalue weighted by Gasteiger charge is 2.20. The van der Waals surface area contributed by atoms with E-state index in [0.29, 0.717) is 12.0 Å². The van der Waals surface area contributed by atoms with Gasteiger partial charge in [0.15, 0.2) is 0 Å². The van der Waals surface area contributed by atoms with Gasteiger partial charge in [0.05, 0.1) is 0 Å². The minimum Gasteiger partial charge on any atom is -0.368 e. The quantitative estimate of drug-likeness (QED) is 0.801. The van der Waals surface area contributed by atoms with Crippen LogP contribution in [0.4, 0.5) is 0 Å². The molecule has 4 nitrogen and oxygen atoms in total. The molecule has 0 radical (unpaired) electrons. The molecule has 3 N–H and O–H groups in total. The summed E-state index contributed by atoms with van der Waals surface area (Å²) in [5, 5.41) is 2.72. The molecule has 0 bridgehead atoms. The molecular formula is C20H23BrN2O2. The van der Waals surface area contributed by atoms with Gasteiger partial charge in [-0.2, -0.15) is 0 Å². The number of amides is 2. The molecular weight excluding hydrogens is 380 g/mol.